The van der Waals surface area contributed by atoms with Gasteiger partial charge in [0.1, 0.15) is 6.67 Å². The number of unbranched alkanes of at least 4 members (excludes halogenated alkanes) is 27. The molecule has 0 spiro atoms. The maximum Gasteiger partial charge on any atom is 0.132 e. The Morgan fingerprint density at radius 1 is 0.304 bits per heavy atom. The fourth-order valence-electron chi connectivity index (χ4n) is 6.83. The molecular weight excluding hydrogens is 694 g/mol. The monoisotopic (exact) mass is 782 g/mol. The number of nitrogens with zero attached hydrogens (tertiary/aromatic N) is 2. The molecule has 0 amide bonds. The van der Waals surface area contributed by atoms with Crippen LogP contribution in [-0.4, -0.2) is 70.0 Å². The molecule has 0 radical (unpaired) electrons. The molecule has 0 saturated carbocycles. The third kappa shape index (κ3) is 41.0. The predicted molar refractivity (Wildman–Crippen MR) is 202 cm³/mol. The van der Waals surface area contributed by atoms with Crippen LogP contribution in [-0.2, 0) is 0 Å². The second-order valence-corrected chi connectivity index (χ2v) is 16.1. The molecule has 282 valence electrons. The van der Waals surface area contributed by atoms with E-state index in [-0.39, 0.29) is 34.0 Å². The van der Waals surface area contributed by atoms with Gasteiger partial charge in [0.25, 0.3) is 0 Å². The summed E-state index contributed by atoms with van der Waals surface area (Å²) < 4.78 is 2.33. The molecule has 0 fully saturated rings. The fraction of sp³-hybridized carbons (Fsp3) is 1.00. The Hall–Kier alpha value is 0.840. The molecule has 0 saturated heterocycles. The molecule has 0 heterocycles. The highest BCUT2D eigenvalue weighted by Gasteiger charge is 2.15. The van der Waals surface area contributed by atoms with Crippen molar-refractivity contribution < 1.29 is 42.9 Å². The summed E-state index contributed by atoms with van der Waals surface area (Å²) in [5.41, 5.74) is 0. The van der Waals surface area contributed by atoms with Crippen molar-refractivity contribution in [2.75, 3.05) is 61.0 Å². The Morgan fingerprint density at radius 2 is 0.543 bits per heavy atom. The van der Waals surface area contributed by atoms with Crippen LogP contribution in [0.25, 0.3) is 0 Å². The van der Waals surface area contributed by atoms with Crippen LogP contribution in [0.5, 0.6) is 0 Å². The van der Waals surface area contributed by atoms with Gasteiger partial charge in [0.2, 0.25) is 0 Å². The highest BCUT2D eigenvalue weighted by molar-refractivity contribution is 4.52. The smallest absolute Gasteiger partial charge is 0.132 e. The summed E-state index contributed by atoms with van der Waals surface area (Å²) in [6.07, 6.45) is 43.3. The largest absolute Gasteiger partial charge is 1.00 e. The van der Waals surface area contributed by atoms with E-state index in [9.17, 15) is 0 Å². The Morgan fingerprint density at radius 3 is 0.848 bits per heavy atom. The topological polar surface area (TPSA) is 12.0 Å². The number of hydrogen-bond donors (Lipinski definition) is 1. The summed E-state index contributed by atoms with van der Waals surface area (Å²) in [6, 6.07) is 0. The van der Waals surface area contributed by atoms with Gasteiger partial charge in [-0.1, -0.05) is 168 Å². The highest BCUT2D eigenvalue weighted by Crippen LogP contribution is 2.15. The summed E-state index contributed by atoms with van der Waals surface area (Å²) in [6.45, 7) is 10.9. The fourth-order valence-corrected chi connectivity index (χ4v) is 6.83. The molecule has 0 aliphatic rings. The first-order valence-electron chi connectivity index (χ1n) is 20.7. The molecule has 1 N–H and O–H groups in total. The lowest BCUT2D eigenvalue weighted by atomic mass is 10.0. The van der Waals surface area contributed by atoms with Gasteiger partial charge in [-0.25, -0.2) is 0 Å². The first kappa shape index (κ1) is 51.2. The predicted octanol–water partition coefficient (Wildman–Crippen LogP) is 6.44. The van der Waals surface area contributed by atoms with Gasteiger partial charge in [-0.3, -0.25) is 5.32 Å². The summed E-state index contributed by atoms with van der Waals surface area (Å²) in [4.78, 5) is 0. The zero-order valence-corrected chi connectivity index (χ0v) is 36.1. The lowest BCUT2D eigenvalue weighted by Crippen LogP contribution is -3.00. The molecule has 0 aromatic heterocycles. The maximum atomic E-state index is 3.77. The van der Waals surface area contributed by atoms with Gasteiger partial charge in [0.15, 0.2) is 0 Å². The van der Waals surface area contributed by atoms with E-state index in [0.717, 1.165) is 11.2 Å². The van der Waals surface area contributed by atoms with Gasteiger partial charge < -0.3 is 42.9 Å². The van der Waals surface area contributed by atoms with Crippen LogP contribution in [0.1, 0.15) is 206 Å². The van der Waals surface area contributed by atoms with Crippen molar-refractivity contribution in [1.82, 2.24) is 5.32 Å². The second kappa shape index (κ2) is 38.6. The van der Waals surface area contributed by atoms with E-state index < -0.39 is 0 Å². The van der Waals surface area contributed by atoms with E-state index in [0.29, 0.717) is 0 Å². The molecule has 5 heteroatoms. The van der Waals surface area contributed by atoms with Gasteiger partial charge >= 0.3 is 0 Å². The molecule has 46 heavy (non-hydrogen) atoms. The van der Waals surface area contributed by atoms with E-state index in [1.807, 2.05) is 0 Å². The van der Waals surface area contributed by atoms with E-state index in [1.54, 1.807) is 0 Å². The SMILES string of the molecule is CCCCCCCCCCCCCCCC[N+](C)(C)CCCCNC[N+](C)(C)CCCCCCCCCCCCCCCC.[Br-].[Br-]. The quantitative estimate of drug-likeness (QED) is 0.0435. The molecule has 0 unspecified atom stereocenters. The molecule has 0 rings (SSSR count). The van der Waals surface area contributed by atoms with Crippen molar-refractivity contribution in [2.24, 2.45) is 0 Å². The van der Waals surface area contributed by atoms with Crippen LogP contribution in [0.2, 0.25) is 0 Å². The molecule has 3 nitrogen and oxygen atoms in total. The van der Waals surface area contributed by atoms with E-state index in [2.05, 4.69) is 47.4 Å². The lowest BCUT2D eigenvalue weighted by Gasteiger charge is -2.31. The first-order valence-corrected chi connectivity index (χ1v) is 20.7. The Labute approximate surface area is 314 Å². The van der Waals surface area contributed by atoms with Crippen molar-refractivity contribution >= 4 is 0 Å². The molecule has 0 aliphatic heterocycles. The van der Waals surface area contributed by atoms with E-state index >= 15 is 0 Å². The van der Waals surface area contributed by atoms with Gasteiger partial charge in [-0.15, -0.1) is 0 Å². The summed E-state index contributed by atoms with van der Waals surface area (Å²) in [5, 5.41) is 3.77. The molecule has 0 bridgehead atoms. The number of rotatable bonds is 37. The summed E-state index contributed by atoms with van der Waals surface area (Å²) in [7, 11) is 9.72. The molecule has 0 aromatic rings. The van der Waals surface area contributed by atoms with Crippen molar-refractivity contribution in [2.45, 2.75) is 206 Å². The Balaban J connectivity index is -0.00000924. The second-order valence-electron chi connectivity index (χ2n) is 16.1. The van der Waals surface area contributed by atoms with Crippen molar-refractivity contribution in [3.8, 4) is 0 Å². The minimum Gasteiger partial charge on any atom is -1.00 e. The summed E-state index contributed by atoms with van der Waals surface area (Å²) in [5.74, 6) is 0. The molecule has 0 aliphatic carbocycles. The first-order chi connectivity index (χ1) is 21.3. The maximum absolute atomic E-state index is 3.77. The highest BCUT2D eigenvalue weighted by atomic mass is 79.9. The Kier molecular flexibility index (Phi) is 43.0. The minimum absolute atomic E-state index is 0. The van der Waals surface area contributed by atoms with Crippen molar-refractivity contribution in [3.63, 3.8) is 0 Å². The van der Waals surface area contributed by atoms with Crippen LogP contribution in [0.3, 0.4) is 0 Å². The number of nitrogens with one attached hydrogen (secondary N) is 1. The van der Waals surface area contributed by atoms with Gasteiger partial charge in [0.05, 0.1) is 47.8 Å². The molecule has 0 aromatic carbocycles. The van der Waals surface area contributed by atoms with Crippen LogP contribution >= 0.6 is 0 Å². The average molecular weight is 784 g/mol. The van der Waals surface area contributed by atoms with Gasteiger partial charge in [-0.05, 0) is 38.5 Å². The van der Waals surface area contributed by atoms with Crippen molar-refractivity contribution in [3.05, 3.63) is 0 Å². The van der Waals surface area contributed by atoms with Crippen molar-refractivity contribution in [1.29, 1.82) is 0 Å². The number of quaternary nitrogens is 2. The number of halogens is 2. The molecule has 0 atom stereocenters. The van der Waals surface area contributed by atoms with Crippen LogP contribution in [0, 0.1) is 0 Å². The van der Waals surface area contributed by atoms with Gasteiger partial charge in [0, 0.05) is 6.54 Å². The number of hydrogen-bond acceptors (Lipinski definition) is 1. The zero-order chi connectivity index (χ0) is 32.5. The van der Waals surface area contributed by atoms with Gasteiger partial charge in [-0.2, -0.15) is 0 Å². The lowest BCUT2D eigenvalue weighted by molar-refractivity contribution is -0.893. The normalized spacial score (nSPS) is 11.9. The van der Waals surface area contributed by atoms with Crippen LogP contribution in [0.15, 0.2) is 0 Å². The molecular formula is C41H89Br2N3. The van der Waals surface area contributed by atoms with E-state index in [1.165, 1.54) is 223 Å². The van der Waals surface area contributed by atoms with Crippen LogP contribution in [0.4, 0.5) is 0 Å². The average Bonchev–Trinajstić information content (AvgIpc) is 2.99. The zero-order valence-electron chi connectivity index (χ0n) is 32.9. The van der Waals surface area contributed by atoms with E-state index in [4.69, 9.17) is 0 Å². The van der Waals surface area contributed by atoms with Crippen LogP contribution < -0.4 is 39.3 Å². The third-order valence-electron chi connectivity index (χ3n) is 10.1. The minimum atomic E-state index is 0. The summed E-state index contributed by atoms with van der Waals surface area (Å²) >= 11 is 0. The Bertz CT molecular complexity index is 508. The standard InChI is InChI=1S/C41H89N3.2BrH/c1-7-9-11-13-15-17-19-21-23-25-27-29-31-34-38-43(3,4)39-36-33-37-42-41-44(5,6)40-35-32-30-28-26-24-22-20-18-16-14-12-10-8-2;;/h42H,7-41H2,1-6H3;2*1H/q+2;;/p-2. The third-order valence-corrected chi connectivity index (χ3v) is 10.1.